The predicted molar refractivity (Wildman–Crippen MR) is 78.1 cm³/mol. The molecule has 0 aromatic heterocycles. The number of benzene rings is 2. The Kier molecular flexibility index (Phi) is 3.10. The van der Waals surface area contributed by atoms with Gasteiger partial charge < -0.3 is 0 Å². The molecule has 0 heterocycles. The largest absolute Gasteiger partial charge is 0.0760 e. The van der Waals surface area contributed by atoms with Crippen LogP contribution in [-0.4, -0.2) is 0 Å². The lowest BCUT2D eigenvalue weighted by atomic mass is 9.91. The van der Waals surface area contributed by atoms with Crippen molar-refractivity contribution in [3.63, 3.8) is 0 Å². The third-order valence-electron chi connectivity index (χ3n) is 3.43. The summed E-state index contributed by atoms with van der Waals surface area (Å²) in [6.45, 7) is 0. The molecule has 2 aromatic rings. The van der Waals surface area contributed by atoms with Crippen molar-refractivity contribution in [3.05, 3.63) is 83.9 Å². The molecule has 0 saturated carbocycles. The molecule has 0 aliphatic heterocycles. The molecular weight excluding hydrogens is 216 g/mol. The fourth-order valence-electron chi connectivity index (χ4n) is 2.41. The van der Waals surface area contributed by atoms with E-state index in [0.717, 1.165) is 12.8 Å². The normalized spacial score (nSPS) is 14.9. The summed E-state index contributed by atoms with van der Waals surface area (Å²) >= 11 is 0. The Morgan fingerprint density at radius 3 is 1.22 bits per heavy atom. The van der Waals surface area contributed by atoms with E-state index < -0.39 is 0 Å². The van der Waals surface area contributed by atoms with E-state index in [-0.39, 0.29) is 0 Å². The molecule has 2 aromatic carbocycles. The maximum absolute atomic E-state index is 2.36. The molecule has 0 saturated heterocycles. The fraction of sp³-hybridized carbons (Fsp3) is 0.111. The zero-order chi connectivity index (χ0) is 12.2. The lowest BCUT2D eigenvalue weighted by Gasteiger charge is -2.14. The van der Waals surface area contributed by atoms with Crippen LogP contribution in [-0.2, 0) is 0 Å². The predicted octanol–water partition coefficient (Wildman–Crippen LogP) is 4.95. The van der Waals surface area contributed by atoms with Crippen molar-refractivity contribution >= 4 is 11.1 Å². The van der Waals surface area contributed by atoms with Crippen molar-refractivity contribution in [1.29, 1.82) is 0 Å². The number of allylic oxidation sites excluding steroid dienone is 4. The van der Waals surface area contributed by atoms with Gasteiger partial charge in [-0.15, -0.1) is 0 Å². The topological polar surface area (TPSA) is 0 Å². The van der Waals surface area contributed by atoms with Gasteiger partial charge in [-0.3, -0.25) is 0 Å². The summed E-state index contributed by atoms with van der Waals surface area (Å²) in [7, 11) is 0. The van der Waals surface area contributed by atoms with Gasteiger partial charge in [0.1, 0.15) is 0 Å². The van der Waals surface area contributed by atoms with E-state index in [1.54, 1.807) is 0 Å². The van der Waals surface area contributed by atoms with Gasteiger partial charge >= 0.3 is 0 Å². The van der Waals surface area contributed by atoms with Crippen LogP contribution in [0.2, 0.25) is 0 Å². The molecule has 1 aliphatic carbocycles. The lowest BCUT2D eigenvalue weighted by Crippen LogP contribution is -1.92. The number of rotatable bonds is 2. The molecule has 0 unspecified atom stereocenters. The van der Waals surface area contributed by atoms with Crippen LogP contribution < -0.4 is 0 Å². The average molecular weight is 232 g/mol. The van der Waals surface area contributed by atoms with Gasteiger partial charge in [-0.2, -0.15) is 0 Å². The Bertz CT molecular complexity index is 518. The molecule has 0 atom stereocenters. The van der Waals surface area contributed by atoms with Gasteiger partial charge in [0.15, 0.2) is 0 Å². The zero-order valence-corrected chi connectivity index (χ0v) is 10.3. The minimum atomic E-state index is 1.04. The van der Waals surface area contributed by atoms with E-state index in [2.05, 4.69) is 72.8 Å². The molecular formula is C18H16. The van der Waals surface area contributed by atoms with Gasteiger partial charge in [0.05, 0.1) is 0 Å². The second-order valence-corrected chi connectivity index (χ2v) is 4.60. The van der Waals surface area contributed by atoms with Gasteiger partial charge in [-0.05, 0) is 35.1 Å². The van der Waals surface area contributed by atoms with Gasteiger partial charge in [-0.25, -0.2) is 0 Å². The van der Waals surface area contributed by atoms with E-state index >= 15 is 0 Å². The Balaban J connectivity index is 1.79. The van der Waals surface area contributed by atoms with E-state index in [9.17, 15) is 0 Å². The van der Waals surface area contributed by atoms with E-state index in [1.165, 1.54) is 22.3 Å². The Hall–Kier alpha value is -2.08. The molecule has 3 rings (SSSR count). The van der Waals surface area contributed by atoms with Crippen LogP contribution in [0, 0.1) is 0 Å². The van der Waals surface area contributed by atoms with Crippen molar-refractivity contribution in [2.24, 2.45) is 0 Å². The van der Waals surface area contributed by atoms with E-state index in [1.807, 2.05) is 0 Å². The van der Waals surface area contributed by atoms with Crippen molar-refractivity contribution in [2.75, 3.05) is 0 Å². The molecule has 0 amide bonds. The highest BCUT2D eigenvalue weighted by Crippen LogP contribution is 2.30. The Morgan fingerprint density at radius 2 is 0.889 bits per heavy atom. The van der Waals surface area contributed by atoms with Gasteiger partial charge in [0.25, 0.3) is 0 Å². The third-order valence-corrected chi connectivity index (χ3v) is 3.43. The first kappa shape index (κ1) is 11.0. The van der Waals surface area contributed by atoms with Crippen molar-refractivity contribution in [1.82, 2.24) is 0 Å². The van der Waals surface area contributed by atoms with Crippen LogP contribution in [0.25, 0.3) is 11.1 Å². The van der Waals surface area contributed by atoms with Crippen LogP contribution in [0.4, 0.5) is 0 Å². The second-order valence-electron chi connectivity index (χ2n) is 4.60. The van der Waals surface area contributed by atoms with Crippen molar-refractivity contribution in [2.45, 2.75) is 12.8 Å². The highest BCUT2D eigenvalue weighted by atomic mass is 14.1. The SMILES string of the molecule is C1=C(c2ccccc2)CC=C(c2ccccc2)C1. The first-order valence-corrected chi connectivity index (χ1v) is 6.42. The minimum absolute atomic E-state index is 1.04. The van der Waals surface area contributed by atoms with Crippen LogP contribution in [0.1, 0.15) is 24.0 Å². The first-order chi connectivity index (χ1) is 8.93. The Labute approximate surface area is 108 Å². The Morgan fingerprint density at radius 1 is 0.500 bits per heavy atom. The standard InChI is InChI=1S/C18H16/c1-3-7-15(8-4-1)17-11-13-18(14-12-17)16-9-5-2-6-10-16/h1-11,14H,12-13H2. The quantitative estimate of drug-likeness (QED) is 0.687. The third kappa shape index (κ3) is 2.28. The van der Waals surface area contributed by atoms with Gasteiger partial charge in [-0.1, -0.05) is 72.8 Å². The number of hydrogen-bond acceptors (Lipinski definition) is 0. The minimum Gasteiger partial charge on any atom is -0.0760 e. The fourth-order valence-corrected chi connectivity index (χ4v) is 2.41. The van der Waals surface area contributed by atoms with Gasteiger partial charge in [0, 0.05) is 0 Å². The monoisotopic (exact) mass is 232 g/mol. The molecule has 0 radical (unpaired) electrons. The summed E-state index contributed by atoms with van der Waals surface area (Å²) in [5.41, 5.74) is 5.58. The molecule has 0 nitrogen and oxygen atoms in total. The maximum Gasteiger partial charge on any atom is -0.00884 e. The van der Waals surface area contributed by atoms with Crippen LogP contribution in [0.15, 0.2) is 72.8 Å². The summed E-state index contributed by atoms with van der Waals surface area (Å²) in [5.74, 6) is 0. The summed E-state index contributed by atoms with van der Waals surface area (Å²) in [6.07, 6.45) is 6.79. The zero-order valence-electron chi connectivity index (χ0n) is 10.3. The van der Waals surface area contributed by atoms with Crippen LogP contribution in [0.5, 0.6) is 0 Å². The number of hydrogen-bond donors (Lipinski definition) is 0. The molecule has 0 spiro atoms. The molecule has 0 bridgehead atoms. The summed E-state index contributed by atoms with van der Waals surface area (Å²) < 4.78 is 0. The summed E-state index contributed by atoms with van der Waals surface area (Å²) in [6, 6.07) is 21.3. The molecule has 18 heavy (non-hydrogen) atoms. The van der Waals surface area contributed by atoms with E-state index in [4.69, 9.17) is 0 Å². The summed E-state index contributed by atoms with van der Waals surface area (Å²) in [5, 5.41) is 0. The second kappa shape index (κ2) is 5.05. The summed E-state index contributed by atoms with van der Waals surface area (Å²) in [4.78, 5) is 0. The average Bonchev–Trinajstić information content (AvgIpc) is 2.49. The van der Waals surface area contributed by atoms with E-state index in [0.29, 0.717) is 0 Å². The van der Waals surface area contributed by atoms with Crippen LogP contribution in [0.3, 0.4) is 0 Å². The first-order valence-electron chi connectivity index (χ1n) is 6.42. The molecule has 1 aliphatic rings. The molecule has 88 valence electrons. The highest BCUT2D eigenvalue weighted by Gasteiger charge is 2.08. The van der Waals surface area contributed by atoms with Crippen molar-refractivity contribution < 1.29 is 0 Å². The van der Waals surface area contributed by atoms with Crippen LogP contribution >= 0.6 is 0 Å². The molecule has 0 fully saturated rings. The van der Waals surface area contributed by atoms with Gasteiger partial charge in [0.2, 0.25) is 0 Å². The molecule has 0 heteroatoms. The lowest BCUT2D eigenvalue weighted by molar-refractivity contribution is 1.25. The maximum atomic E-state index is 2.36. The molecule has 0 N–H and O–H groups in total. The smallest absolute Gasteiger partial charge is 0.00884 e. The highest BCUT2D eigenvalue weighted by molar-refractivity contribution is 5.77. The van der Waals surface area contributed by atoms with Crippen molar-refractivity contribution in [3.8, 4) is 0 Å².